The van der Waals surface area contributed by atoms with Crippen LogP contribution in [0.25, 0.3) is 11.0 Å². The van der Waals surface area contributed by atoms with Crippen LogP contribution < -0.4 is 14.8 Å². The number of methoxy groups -OCH3 is 2. The maximum Gasteiger partial charge on any atom is 0.224 e. The molecule has 0 saturated heterocycles. The predicted octanol–water partition coefficient (Wildman–Crippen LogP) is 6.10. The second kappa shape index (κ2) is 13.3. The molecule has 194 valence electrons. The molecule has 1 N–H and O–H groups in total. The fourth-order valence-electron chi connectivity index (χ4n) is 5.40. The summed E-state index contributed by atoms with van der Waals surface area (Å²) in [5.74, 6) is 3.43. The highest BCUT2D eigenvalue weighted by atomic mass is 16.5. The zero-order valence-corrected chi connectivity index (χ0v) is 21.9. The molecule has 0 bridgehead atoms. The third-order valence-corrected chi connectivity index (χ3v) is 7.43. The first-order chi connectivity index (χ1) is 17.7. The van der Waals surface area contributed by atoms with Crippen molar-refractivity contribution in [2.45, 2.75) is 77.2 Å². The van der Waals surface area contributed by atoms with E-state index in [1.165, 1.54) is 49.9 Å². The number of hydrogen-bond acceptors (Lipinski definition) is 4. The number of carbonyl (C=O) groups excluding carboxylic acids is 1. The number of nitrogens with zero attached hydrogens (tertiary/aromatic N) is 2. The average Bonchev–Trinajstić information content (AvgIpc) is 3.27. The van der Waals surface area contributed by atoms with Crippen molar-refractivity contribution in [3.63, 3.8) is 0 Å². The maximum absolute atomic E-state index is 12.4. The summed E-state index contributed by atoms with van der Waals surface area (Å²) in [5.41, 5.74) is 3.29. The molecule has 1 amide bonds. The summed E-state index contributed by atoms with van der Waals surface area (Å²) >= 11 is 0. The molecule has 0 aliphatic heterocycles. The highest BCUT2D eigenvalue weighted by Gasteiger charge is 2.16. The Hall–Kier alpha value is -3.02. The van der Waals surface area contributed by atoms with Crippen molar-refractivity contribution in [3.05, 3.63) is 53.9 Å². The summed E-state index contributed by atoms with van der Waals surface area (Å²) in [4.78, 5) is 17.3. The van der Waals surface area contributed by atoms with Crippen LogP contribution in [0.2, 0.25) is 0 Å². The number of ether oxygens (including phenoxy) is 2. The summed E-state index contributed by atoms with van der Waals surface area (Å²) in [6.07, 6.45) is 12.7. The number of aromatic nitrogens is 2. The van der Waals surface area contributed by atoms with E-state index < -0.39 is 0 Å². The highest BCUT2D eigenvalue weighted by Crippen LogP contribution is 2.29. The summed E-state index contributed by atoms with van der Waals surface area (Å²) in [7, 11) is 3.21. The number of aryl methyl sites for hydroxylation is 2. The van der Waals surface area contributed by atoms with Gasteiger partial charge < -0.3 is 19.4 Å². The number of imidazole rings is 1. The van der Waals surface area contributed by atoms with E-state index in [-0.39, 0.29) is 5.91 Å². The fraction of sp³-hybridized carbons (Fsp3) is 0.533. The molecule has 1 aliphatic rings. The Bertz CT molecular complexity index is 1120. The number of carbonyl (C=O) groups is 1. The van der Waals surface area contributed by atoms with Gasteiger partial charge in [-0.15, -0.1) is 0 Å². The monoisotopic (exact) mass is 491 g/mol. The van der Waals surface area contributed by atoms with Crippen LogP contribution in [-0.4, -0.2) is 36.2 Å². The molecule has 0 unspecified atom stereocenters. The van der Waals surface area contributed by atoms with Crippen LogP contribution in [0.5, 0.6) is 11.5 Å². The minimum Gasteiger partial charge on any atom is -0.493 e. The first-order valence-electron chi connectivity index (χ1n) is 13.6. The number of rotatable bonds is 13. The van der Waals surface area contributed by atoms with E-state index in [0.29, 0.717) is 24.5 Å². The molecule has 6 heteroatoms. The molecule has 2 aromatic carbocycles. The smallest absolute Gasteiger partial charge is 0.224 e. The number of unbranched alkanes of at least 4 members (excludes halogenated alkanes) is 2. The molecule has 6 nitrogen and oxygen atoms in total. The summed E-state index contributed by atoms with van der Waals surface area (Å²) in [6, 6.07) is 14.1. The van der Waals surface area contributed by atoms with Crippen LogP contribution in [0.3, 0.4) is 0 Å². The molecule has 36 heavy (non-hydrogen) atoms. The Labute approximate surface area is 215 Å². The molecule has 0 atom stereocenters. The first kappa shape index (κ1) is 26.1. The van der Waals surface area contributed by atoms with Gasteiger partial charge in [-0.05, 0) is 55.0 Å². The lowest BCUT2D eigenvalue weighted by molar-refractivity contribution is -0.120. The van der Waals surface area contributed by atoms with Gasteiger partial charge in [0.2, 0.25) is 5.91 Å². The number of nitrogens with one attached hydrogen (secondary N) is 1. The molecule has 0 spiro atoms. The molecule has 1 aliphatic carbocycles. The molecule has 1 aromatic heterocycles. The van der Waals surface area contributed by atoms with Crippen molar-refractivity contribution >= 4 is 16.9 Å². The van der Waals surface area contributed by atoms with Gasteiger partial charge in [-0.1, -0.05) is 56.7 Å². The SMILES string of the molecule is COc1ccc(CC(=O)NCCCCCc2nc3ccccc3n2CCC2CCCCC2)cc1OC. The van der Waals surface area contributed by atoms with Gasteiger partial charge in [0.25, 0.3) is 0 Å². The van der Waals surface area contributed by atoms with Crippen molar-refractivity contribution in [2.24, 2.45) is 5.92 Å². The van der Waals surface area contributed by atoms with Crippen molar-refractivity contribution in [2.75, 3.05) is 20.8 Å². The molecular formula is C30H41N3O3. The van der Waals surface area contributed by atoms with E-state index in [4.69, 9.17) is 14.5 Å². The van der Waals surface area contributed by atoms with Gasteiger partial charge in [0, 0.05) is 19.5 Å². The van der Waals surface area contributed by atoms with Crippen molar-refractivity contribution in [3.8, 4) is 11.5 Å². The minimum atomic E-state index is 0.0340. The Balaban J connectivity index is 1.21. The lowest BCUT2D eigenvalue weighted by Crippen LogP contribution is -2.26. The van der Waals surface area contributed by atoms with Crippen LogP contribution in [0.15, 0.2) is 42.5 Å². The molecule has 1 saturated carbocycles. The topological polar surface area (TPSA) is 65.4 Å². The second-order valence-corrected chi connectivity index (χ2v) is 9.99. The van der Waals surface area contributed by atoms with Gasteiger partial charge in [-0.3, -0.25) is 4.79 Å². The molecule has 3 aromatic rings. The zero-order valence-electron chi connectivity index (χ0n) is 21.9. The lowest BCUT2D eigenvalue weighted by atomic mass is 9.87. The van der Waals surface area contributed by atoms with Crippen molar-refractivity contribution in [1.82, 2.24) is 14.9 Å². The first-order valence-corrected chi connectivity index (χ1v) is 13.6. The van der Waals surface area contributed by atoms with Crippen molar-refractivity contribution < 1.29 is 14.3 Å². The van der Waals surface area contributed by atoms with Crippen LogP contribution in [0.1, 0.15) is 69.2 Å². The maximum atomic E-state index is 12.4. The fourth-order valence-corrected chi connectivity index (χ4v) is 5.40. The number of para-hydroxylation sites is 2. The summed E-state index contributed by atoms with van der Waals surface area (Å²) in [6.45, 7) is 1.77. The van der Waals surface area contributed by atoms with Crippen LogP contribution >= 0.6 is 0 Å². The van der Waals surface area contributed by atoms with Crippen molar-refractivity contribution in [1.29, 1.82) is 0 Å². The van der Waals surface area contributed by atoms with E-state index in [0.717, 1.165) is 49.2 Å². The molecule has 4 rings (SSSR count). The van der Waals surface area contributed by atoms with E-state index in [1.54, 1.807) is 14.2 Å². The number of benzene rings is 2. The summed E-state index contributed by atoms with van der Waals surface area (Å²) in [5, 5.41) is 3.05. The Morgan fingerprint density at radius 1 is 1.00 bits per heavy atom. The van der Waals surface area contributed by atoms with Gasteiger partial charge in [-0.2, -0.15) is 0 Å². The van der Waals surface area contributed by atoms with Gasteiger partial charge in [0.15, 0.2) is 11.5 Å². The van der Waals surface area contributed by atoms with Gasteiger partial charge in [0.05, 0.1) is 31.7 Å². The Kier molecular flexibility index (Phi) is 9.65. The number of fused-ring (bicyclic) bond motifs is 1. The second-order valence-electron chi connectivity index (χ2n) is 9.99. The minimum absolute atomic E-state index is 0.0340. The number of hydrogen-bond donors (Lipinski definition) is 1. The van der Waals surface area contributed by atoms with E-state index in [1.807, 2.05) is 18.2 Å². The lowest BCUT2D eigenvalue weighted by Gasteiger charge is -2.22. The third-order valence-electron chi connectivity index (χ3n) is 7.43. The Morgan fingerprint density at radius 3 is 2.61 bits per heavy atom. The van der Waals surface area contributed by atoms with Crippen LogP contribution in [0.4, 0.5) is 0 Å². The number of amides is 1. The zero-order chi connectivity index (χ0) is 25.2. The quantitative estimate of drug-likeness (QED) is 0.294. The average molecular weight is 492 g/mol. The molecule has 1 fully saturated rings. The van der Waals surface area contributed by atoms with Crippen LogP contribution in [-0.2, 0) is 24.2 Å². The predicted molar refractivity (Wildman–Crippen MR) is 145 cm³/mol. The van der Waals surface area contributed by atoms with Gasteiger partial charge in [0.1, 0.15) is 5.82 Å². The van der Waals surface area contributed by atoms with E-state index >= 15 is 0 Å². The highest BCUT2D eigenvalue weighted by molar-refractivity contribution is 5.78. The third kappa shape index (κ3) is 7.02. The molecular weight excluding hydrogens is 450 g/mol. The largest absolute Gasteiger partial charge is 0.493 e. The normalized spacial score (nSPS) is 14.2. The molecule has 1 heterocycles. The van der Waals surface area contributed by atoms with E-state index in [2.05, 4.69) is 34.1 Å². The van der Waals surface area contributed by atoms with E-state index in [9.17, 15) is 4.79 Å². The van der Waals surface area contributed by atoms with Gasteiger partial charge in [-0.25, -0.2) is 4.98 Å². The summed E-state index contributed by atoms with van der Waals surface area (Å²) < 4.78 is 13.1. The van der Waals surface area contributed by atoms with Gasteiger partial charge >= 0.3 is 0 Å². The Morgan fingerprint density at radius 2 is 1.81 bits per heavy atom. The molecule has 0 radical (unpaired) electrons. The van der Waals surface area contributed by atoms with Crippen LogP contribution in [0, 0.1) is 5.92 Å². The standard InChI is InChI=1S/C30H41N3O3/c1-35-27-17-16-24(21-28(27)36-2)22-30(34)31-19-10-4-7-15-29-32-25-13-8-9-14-26(25)33(29)20-18-23-11-5-3-6-12-23/h8-9,13-14,16-17,21,23H,3-7,10-12,15,18-20,22H2,1-2H3,(H,31,34).